The quantitative estimate of drug-likeness (QED) is 0.456. The smallest absolute Gasteiger partial charge is 0 e. The first-order chi connectivity index (χ1) is 0. The molecule has 3 nitrogen and oxygen atoms in total. The van der Waals surface area contributed by atoms with Crippen molar-refractivity contribution in [3.63, 3.8) is 0 Å². The van der Waals surface area contributed by atoms with Crippen molar-refractivity contribution in [3.05, 3.63) is 0 Å². The van der Waals surface area contributed by atoms with Crippen molar-refractivity contribution in [2.24, 2.45) is 0 Å². The van der Waals surface area contributed by atoms with Crippen molar-refractivity contribution in [2.45, 2.75) is 0 Å². The summed E-state index contributed by atoms with van der Waals surface area (Å²) in [6.07, 6.45) is 0. The molecule has 0 atom stereocenters. The summed E-state index contributed by atoms with van der Waals surface area (Å²) in [5, 5.41) is 0. The van der Waals surface area contributed by atoms with Crippen LogP contribution in [-0.4, -0.2) is 0 Å². The Labute approximate surface area is 91.0 Å². The molecule has 0 rings (SSSR count). The fraction of sp³-hybridized carbons (Fsp3) is 0. The summed E-state index contributed by atoms with van der Waals surface area (Å²) in [6.45, 7) is 0. The number of hydrogen-bond acceptors (Lipinski definition) is 0. The molecule has 7 heteroatoms. The van der Waals surface area contributed by atoms with Crippen molar-refractivity contribution in [1.29, 1.82) is 0 Å². The summed E-state index contributed by atoms with van der Waals surface area (Å²) >= 11 is 0. The van der Waals surface area contributed by atoms with E-state index in [-0.39, 0.29) is 91.8 Å². The maximum absolute atomic E-state index is 0. The minimum atomic E-state index is 0. The molecule has 0 aromatic rings. The molecule has 0 fully saturated rings. The van der Waals surface area contributed by atoms with Gasteiger partial charge in [-0.2, -0.15) is 0 Å². The third-order valence-electron chi connectivity index (χ3n) is 0. The molecule has 0 spiro atoms. The Bertz CT molecular complexity index is 14.9. The first-order valence-corrected chi connectivity index (χ1v) is 0. The molecule has 0 amide bonds. The van der Waals surface area contributed by atoms with Crippen LogP contribution in [-0.2, 0) is 91.8 Å². The largest absolute Gasteiger partial charge is 2.00 e. The van der Waals surface area contributed by atoms with E-state index in [1.54, 1.807) is 0 Å². The minimum Gasteiger partial charge on any atom is -2.00 e. The molecule has 0 aliphatic rings. The second-order valence-electron chi connectivity index (χ2n) is 0. The monoisotopic (exact) mass is 447 g/mol. The third kappa shape index (κ3) is 63.5. The molecule has 0 heterocycles. The van der Waals surface area contributed by atoms with Crippen LogP contribution in [0, 0.1) is 0 Å². The summed E-state index contributed by atoms with van der Waals surface area (Å²) < 4.78 is 0. The maximum Gasteiger partial charge on any atom is 0 e. The van der Waals surface area contributed by atoms with Crippen LogP contribution in [0.25, 0.3) is 0 Å². The van der Waals surface area contributed by atoms with Crippen LogP contribution in [0.15, 0.2) is 0 Å². The van der Waals surface area contributed by atoms with Crippen LogP contribution in [0.1, 0.15) is 0 Å². The van der Waals surface area contributed by atoms with Gasteiger partial charge in [0, 0.05) is 75.4 Å². The molecule has 1 radical (unpaired) electrons. The van der Waals surface area contributed by atoms with Gasteiger partial charge in [-0.25, -0.2) is 0 Å². The van der Waals surface area contributed by atoms with Crippen molar-refractivity contribution in [1.82, 2.24) is 0 Å². The van der Waals surface area contributed by atoms with E-state index >= 15 is 0 Å². The van der Waals surface area contributed by atoms with Crippen LogP contribution in [0.2, 0.25) is 0 Å². The number of rotatable bonds is 0. The van der Waals surface area contributed by atoms with E-state index in [0.717, 1.165) is 0 Å². The fourth-order valence-corrected chi connectivity index (χ4v) is 0. The standard InChI is InChI=1S/Co.Mo.Ni.3O.W/q;;;3*-2;. The van der Waals surface area contributed by atoms with Gasteiger partial charge in [0.25, 0.3) is 0 Å². The maximum atomic E-state index is 0. The van der Waals surface area contributed by atoms with Crippen molar-refractivity contribution in [3.8, 4) is 0 Å². The fourth-order valence-electron chi connectivity index (χ4n) is 0. The molecule has 0 saturated carbocycles. The normalized spacial score (nSPS) is 0. The second kappa shape index (κ2) is 85.4. The molecule has 0 unspecified atom stereocenters. The van der Waals surface area contributed by atoms with E-state index in [4.69, 9.17) is 0 Å². The van der Waals surface area contributed by atoms with E-state index < -0.39 is 0 Å². The average molecular weight is 445 g/mol. The summed E-state index contributed by atoms with van der Waals surface area (Å²) in [5.74, 6) is 0. The first kappa shape index (κ1) is 124. The zero-order chi connectivity index (χ0) is 0. The van der Waals surface area contributed by atoms with Crippen molar-refractivity contribution >= 4 is 0 Å². The van der Waals surface area contributed by atoms with E-state index in [1.807, 2.05) is 0 Å². The van der Waals surface area contributed by atoms with Gasteiger partial charge < -0.3 is 16.4 Å². The zero-order valence-corrected chi connectivity index (χ0v) is 9.66. The van der Waals surface area contributed by atoms with Crippen LogP contribution in [0.3, 0.4) is 0 Å². The Balaban J connectivity index is 0. The Kier molecular flexibility index (Phi) is 1510. The molecule has 55 valence electrons. The van der Waals surface area contributed by atoms with Crippen molar-refractivity contribution < 1.29 is 91.8 Å². The molecule has 0 N–H and O–H groups in total. The predicted molar refractivity (Wildman–Crippen MR) is 2.06 cm³/mol. The van der Waals surface area contributed by atoms with Crippen LogP contribution < -0.4 is 0 Å². The number of hydrogen-bond donors (Lipinski definition) is 0. The van der Waals surface area contributed by atoms with Gasteiger partial charge in [0.15, 0.2) is 0 Å². The topological polar surface area (TPSA) is 85.5 Å². The van der Waals surface area contributed by atoms with Gasteiger partial charge in [-0.15, -0.1) is 0 Å². The Hall–Kier alpha value is 2.26. The Morgan fingerprint density at radius 1 is 0.714 bits per heavy atom. The first-order valence-electron chi connectivity index (χ1n) is 0. The van der Waals surface area contributed by atoms with Gasteiger partial charge in [-0.3, -0.25) is 0 Å². The van der Waals surface area contributed by atoms with E-state index in [1.165, 1.54) is 0 Å². The van der Waals surface area contributed by atoms with E-state index in [2.05, 4.69) is 0 Å². The summed E-state index contributed by atoms with van der Waals surface area (Å²) in [6, 6.07) is 0. The average Bonchev–Trinajstić information content (AvgIpc) is 0. The molecule has 7 heavy (non-hydrogen) atoms. The predicted octanol–water partition coefficient (Wildman–Crippen LogP) is -0.366. The Morgan fingerprint density at radius 2 is 0.714 bits per heavy atom. The molecule has 0 saturated heterocycles. The summed E-state index contributed by atoms with van der Waals surface area (Å²) in [4.78, 5) is 0. The molecule has 0 bridgehead atoms. The third-order valence-corrected chi connectivity index (χ3v) is 0. The van der Waals surface area contributed by atoms with E-state index in [9.17, 15) is 0 Å². The van der Waals surface area contributed by atoms with Gasteiger partial charge in [0.1, 0.15) is 0 Å². The molecule has 0 aromatic carbocycles. The second-order valence-corrected chi connectivity index (χ2v) is 0. The molecule has 0 aromatic heterocycles. The van der Waals surface area contributed by atoms with Crippen LogP contribution >= 0.6 is 0 Å². The minimum absolute atomic E-state index is 0. The summed E-state index contributed by atoms with van der Waals surface area (Å²) in [5.41, 5.74) is 0. The van der Waals surface area contributed by atoms with Crippen LogP contribution in [0.4, 0.5) is 0 Å². The van der Waals surface area contributed by atoms with Gasteiger partial charge >= 0.3 is 0 Å². The zero-order valence-electron chi connectivity index (χ0n) is 2.69. The SMILES string of the molecule is [Co].[Mo].[Ni].[O-2].[O-2].[O-2].[W]. The van der Waals surface area contributed by atoms with E-state index in [0.29, 0.717) is 0 Å². The van der Waals surface area contributed by atoms with Gasteiger partial charge in [-0.05, 0) is 0 Å². The summed E-state index contributed by atoms with van der Waals surface area (Å²) in [7, 11) is 0. The van der Waals surface area contributed by atoms with Crippen LogP contribution in [0.5, 0.6) is 0 Å². The van der Waals surface area contributed by atoms with Gasteiger partial charge in [-0.1, -0.05) is 0 Å². The van der Waals surface area contributed by atoms with Crippen molar-refractivity contribution in [2.75, 3.05) is 0 Å². The molecule has 0 aliphatic carbocycles. The molecular weight excluding hydrogens is 445 g/mol. The van der Waals surface area contributed by atoms with Gasteiger partial charge in [0.2, 0.25) is 0 Å². The van der Waals surface area contributed by atoms with Gasteiger partial charge in [0.05, 0.1) is 0 Å². The molecular formula is CoMoNiO3W-6. The molecule has 0 aliphatic heterocycles. The Morgan fingerprint density at radius 3 is 0.714 bits per heavy atom.